The predicted molar refractivity (Wildman–Crippen MR) is 94.6 cm³/mol. The zero-order chi connectivity index (χ0) is 17.6. The molecule has 0 atom stereocenters. The van der Waals surface area contributed by atoms with Crippen molar-refractivity contribution >= 4 is 23.2 Å². The standard InChI is InChI=1S/C20H22N2O3/c1-14(2)18(23)21-10-8-20(9-11-21)16-5-3-4-6-17(16)22(19(20)24)15-7-12-25-13-15/h3-7,12-14H,8-11H2,1-2H3. The van der Waals surface area contributed by atoms with Crippen molar-refractivity contribution in [3.05, 3.63) is 48.4 Å². The Morgan fingerprint density at radius 1 is 1.16 bits per heavy atom. The van der Waals surface area contributed by atoms with Gasteiger partial charge >= 0.3 is 0 Å². The Bertz CT molecular complexity index is 802. The fraction of sp³-hybridized carbons (Fsp3) is 0.400. The molecular formula is C20H22N2O3. The second-order valence-electron chi connectivity index (χ2n) is 7.20. The van der Waals surface area contributed by atoms with Gasteiger partial charge in [0.15, 0.2) is 0 Å². The molecule has 0 aliphatic carbocycles. The van der Waals surface area contributed by atoms with Gasteiger partial charge in [-0.3, -0.25) is 14.5 Å². The number of fused-ring (bicyclic) bond motifs is 2. The van der Waals surface area contributed by atoms with Crippen LogP contribution in [0.2, 0.25) is 0 Å². The average molecular weight is 338 g/mol. The maximum Gasteiger partial charge on any atom is 0.242 e. The summed E-state index contributed by atoms with van der Waals surface area (Å²) in [6.45, 7) is 5.08. The van der Waals surface area contributed by atoms with E-state index in [0.717, 1.165) is 16.9 Å². The maximum absolute atomic E-state index is 13.4. The number of furan rings is 1. The molecule has 1 saturated heterocycles. The third-order valence-electron chi connectivity index (χ3n) is 5.46. The molecule has 2 aromatic rings. The highest BCUT2D eigenvalue weighted by Crippen LogP contribution is 2.50. The van der Waals surface area contributed by atoms with E-state index >= 15 is 0 Å². The maximum atomic E-state index is 13.4. The van der Waals surface area contributed by atoms with Gasteiger partial charge in [0.1, 0.15) is 6.26 Å². The van der Waals surface area contributed by atoms with Crippen molar-refractivity contribution in [2.75, 3.05) is 18.0 Å². The molecule has 0 unspecified atom stereocenters. The van der Waals surface area contributed by atoms with Gasteiger partial charge in [0.25, 0.3) is 0 Å². The second-order valence-corrected chi connectivity index (χ2v) is 7.20. The lowest BCUT2D eigenvalue weighted by molar-refractivity contribution is -0.138. The summed E-state index contributed by atoms with van der Waals surface area (Å²) in [4.78, 5) is 29.4. The van der Waals surface area contributed by atoms with E-state index in [1.807, 2.05) is 49.1 Å². The molecule has 3 heterocycles. The van der Waals surface area contributed by atoms with Crippen LogP contribution in [0.15, 0.2) is 47.3 Å². The first-order valence-electron chi connectivity index (χ1n) is 8.80. The molecule has 4 rings (SSSR count). The van der Waals surface area contributed by atoms with Crippen molar-refractivity contribution in [2.24, 2.45) is 5.92 Å². The Hall–Kier alpha value is -2.56. The van der Waals surface area contributed by atoms with Crippen LogP contribution in [0.4, 0.5) is 11.4 Å². The number of likely N-dealkylation sites (tertiary alicyclic amines) is 1. The minimum atomic E-state index is -0.540. The van der Waals surface area contributed by atoms with Gasteiger partial charge in [0, 0.05) is 25.1 Å². The molecule has 130 valence electrons. The molecule has 1 fully saturated rings. The minimum absolute atomic E-state index is 0.0111. The topological polar surface area (TPSA) is 53.8 Å². The van der Waals surface area contributed by atoms with Gasteiger partial charge < -0.3 is 9.32 Å². The number of para-hydroxylation sites is 1. The molecule has 0 saturated carbocycles. The number of nitrogens with zero attached hydrogens (tertiary/aromatic N) is 2. The smallest absolute Gasteiger partial charge is 0.242 e. The molecule has 0 bridgehead atoms. The molecule has 1 spiro atoms. The molecule has 2 amide bonds. The van der Waals surface area contributed by atoms with Crippen LogP contribution in [0.1, 0.15) is 32.3 Å². The van der Waals surface area contributed by atoms with Crippen LogP contribution in [-0.2, 0) is 15.0 Å². The Morgan fingerprint density at radius 3 is 2.52 bits per heavy atom. The largest absolute Gasteiger partial charge is 0.470 e. The van der Waals surface area contributed by atoms with Crippen molar-refractivity contribution < 1.29 is 14.0 Å². The number of hydrogen-bond donors (Lipinski definition) is 0. The second kappa shape index (κ2) is 5.76. The molecule has 2 aliphatic heterocycles. The third kappa shape index (κ3) is 2.29. The molecule has 1 aromatic heterocycles. The average Bonchev–Trinajstić information content (AvgIpc) is 3.22. The van der Waals surface area contributed by atoms with E-state index < -0.39 is 5.41 Å². The van der Waals surface area contributed by atoms with Crippen molar-refractivity contribution in [3.8, 4) is 0 Å². The van der Waals surface area contributed by atoms with Crippen LogP contribution in [-0.4, -0.2) is 29.8 Å². The van der Waals surface area contributed by atoms with Crippen LogP contribution < -0.4 is 4.90 Å². The quantitative estimate of drug-likeness (QED) is 0.842. The lowest BCUT2D eigenvalue weighted by atomic mass is 9.73. The van der Waals surface area contributed by atoms with E-state index in [1.54, 1.807) is 17.4 Å². The van der Waals surface area contributed by atoms with Gasteiger partial charge in [0.05, 0.1) is 23.1 Å². The SMILES string of the molecule is CC(C)C(=O)N1CCC2(CC1)C(=O)N(c1ccoc1)c1ccccc12. The Kier molecular flexibility index (Phi) is 3.67. The summed E-state index contributed by atoms with van der Waals surface area (Å²) in [5, 5.41) is 0. The summed E-state index contributed by atoms with van der Waals surface area (Å²) >= 11 is 0. The lowest BCUT2D eigenvalue weighted by Gasteiger charge is -2.39. The number of anilines is 2. The van der Waals surface area contributed by atoms with Crippen LogP contribution in [0.3, 0.4) is 0 Å². The Labute approximate surface area is 147 Å². The summed E-state index contributed by atoms with van der Waals surface area (Å²) < 4.78 is 5.19. The normalized spacial score (nSPS) is 18.9. The summed E-state index contributed by atoms with van der Waals surface area (Å²) in [6, 6.07) is 9.78. The van der Waals surface area contributed by atoms with Crippen LogP contribution >= 0.6 is 0 Å². The van der Waals surface area contributed by atoms with E-state index in [2.05, 4.69) is 0 Å². The van der Waals surface area contributed by atoms with E-state index in [4.69, 9.17) is 4.42 Å². The molecule has 25 heavy (non-hydrogen) atoms. The third-order valence-corrected chi connectivity index (χ3v) is 5.46. The van der Waals surface area contributed by atoms with Gasteiger partial charge in [-0.25, -0.2) is 0 Å². The first-order valence-corrected chi connectivity index (χ1v) is 8.80. The van der Waals surface area contributed by atoms with E-state index in [0.29, 0.717) is 25.9 Å². The van der Waals surface area contributed by atoms with Gasteiger partial charge in [-0.05, 0) is 24.5 Å². The molecule has 1 aromatic carbocycles. The van der Waals surface area contributed by atoms with Gasteiger partial charge in [0.2, 0.25) is 11.8 Å². The van der Waals surface area contributed by atoms with E-state index in [1.165, 1.54) is 0 Å². The van der Waals surface area contributed by atoms with Crippen molar-refractivity contribution in [3.63, 3.8) is 0 Å². The molecule has 0 radical (unpaired) electrons. The van der Waals surface area contributed by atoms with Crippen LogP contribution in [0.5, 0.6) is 0 Å². The van der Waals surface area contributed by atoms with Gasteiger partial charge in [-0.2, -0.15) is 0 Å². The van der Waals surface area contributed by atoms with Gasteiger partial charge in [-0.1, -0.05) is 32.0 Å². The predicted octanol–water partition coefficient (Wildman–Crippen LogP) is 3.47. The molecule has 0 N–H and O–H groups in total. The zero-order valence-electron chi connectivity index (χ0n) is 14.6. The molecule has 2 aliphatic rings. The number of benzene rings is 1. The highest BCUT2D eigenvalue weighted by Gasteiger charge is 2.52. The fourth-order valence-electron chi connectivity index (χ4n) is 4.11. The van der Waals surface area contributed by atoms with Crippen molar-refractivity contribution in [1.29, 1.82) is 0 Å². The summed E-state index contributed by atoms with van der Waals surface area (Å²) in [5.74, 6) is 0.245. The first kappa shape index (κ1) is 15.9. The zero-order valence-corrected chi connectivity index (χ0v) is 14.6. The minimum Gasteiger partial charge on any atom is -0.470 e. The first-order chi connectivity index (χ1) is 12.0. The van der Waals surface area contributed by atoms with E-state index in [-0.39, 0.29) is 17.7 Å². The number of hydrogen-bond acceptors (Lipinski definition) is 3. The monoisotopic (exact) mass is 338 g/mol. The number of rotatable bonds is 2. The Balaban J connectivity index is 1.70. The highest BCUT2D eigenvalue weighted by molar-refractivity contribution is 6.13. The number of piperidine rings is 1. The molecule has 5 nitrogen and oxygen atoms in total. The summed E-state index contributed by atoms with van der Waals surface area (Å²) in [6.07, 6.45) is 4.51. The van der Waals surface area contributed by atoms with E-state index in [9.17, 15) is 9.59 Å². The summed E-state index contributed by atoms with van der Waals surface area (Å²) in [5.41, 5.74) is 2.21. The van der Waals surface area contributed by atoms with Gasteiger partial charge in [-0.15, -0.1) is 0 Å². The Morgan fingerprint density at radius 2 is 1.88 bits per heavy atom. The van der Waals surface area contributed by atoms with Crippen molar-refractivity contribution in [1.82, 2.24) is 4.90 Å². The number of amides is 2. The summed E-state index contributed by atoms with van der Waals surface area (Å²) in [7, 11) is 0. The van der Waals surface area contributed by atoms with Crippen LogP contribution in [0.25, 0.3) is 0 Å². The number of carbonyl (C=O) groups is 2. The molecular weight excluding hydrogens is 316 g/mol. The fourth-order valence-corrected chi connectivity index (χ4v) is 4.11. The number of carbonyl (C=O) groups excluding carboxylic acids is 2. The molecule has 5 heteroatoms. The van der Waals surface area contributed by atoms with Crippen molar-refractivity contribution in [2.45, 2.75) is 32.1 Å². The lowest BCUT2D eigenvalue weighted by Crippen LogP contribution is -2.50. The van der Waals surface area contributed by atoms with Crippen LogP contribution in [0, 0.1) is 5.92 Å². The highest BCUT2D eigenvalue weighted by atomic mass is 16.3.